The van der Waals surface area contributed by atoms with E-state index in [0.29, 0.717) is 6.04 Å². The highest BCUT2D eigenvalue weighted by atomic mass is 35.5. The van der Waals surface area contributed by atoms with Gasteiger partial charge in [-0.15, -0.1) is 12.4 Å². The monoisotopic (exact) mass is 296 g/mol. The van der Waals surface area contributed by atoms with E-state index >= 15 is 0 Å². The molecule has 1 heterocycles. The van der Waals surface area contributed by atoms with Gasteiger partial charge in [0, 0.05) is 12.6 Å². The van der Waals surface area contributed by atoms with Crippen molar-refractivity contribution < 1.29 is 0 Å². The van der Waals surface area contributed by atoms with Gasteiger partial charge in [0.2, 0.25) is 0 Å². The molecule has 3 heteroatoms. The van der Waals surface area contributed by atoms with E-state index in [1.54, 1.807) is 0 Å². The summed E-state index contributed by atoms with van der Waals surface area (Å²) in [6.07, 6.45) is 3.87. The Bertz CT molecular complexity index is 349. The van der Waals surface area contributed by atoms with Crippen LogP contribution in [0.3, 0.4) is 0 Å². The predicted octanol–water partition coefficient (Wildman–Crippen LogP) is 3.88. The van der Waals surface area contributed by atoms with Crippen LogP contribution in [0.15, 0.2) is 30.3 Å². The van der Waals surface area contributed by atoms with Crippen LogP contribution in [0.1, 0.15) is 44.7 Å². The number of nitrogens with zero attached hydrogens (tertiary/aromatic N) is 1. The zero-order valence-corrected chi connectivity index (χ0v) is 13.7. The Morgan fingerprint density at radius 1 is 1.15 bits per heavy atom. The second-order valence-corrected chi connectivity index (χ2v) is 5.62. The average Bonchev–Trinajstić information content (AvgIpc) is 2.49. The standard InChI is InChI=1S/C17H28N2.ClH/c1-3-17(16-8-6-5-7-9-16)19(4-2)14-15-10-12-18-13-11-15;/h5-9,15,17-18H,3-4,10-14H2,1-2H3;1H. The molecule has 0 radical (unpaired) electrons. The highest BCUT2D eigenvalue weighted by Gasteiger charge is 2.22. The second kappa shape index (κ2) is 9.38. The third-order valence-corrected chi connectivity index (χ3v) is 4.37. The summed E-state index contributed by atoms with van der Waals surface area (Å²) >= 11 is 0. The first kappa shape index (κ1) is 17.5. The van der Waals surface area contributed by atoms with Gasteiger partial charge in [0.1, 0.15) is 0 Å². The van der Waals surface area contributed by atoms with E-state index in [0.717, 1.165) is 12.5 Å². The summed E-state index contributed by atoms with van der Waals surface area (Å²) in [5, 5.41) is 3.46. The molecule has 2 rings (SSSR count). The molecule has 1 aliphatic rings. The normalized spacial score (nSPS) is 17.8. The molecule has 0 amide bonds. The molecule has 1 aromatic carbocycles. The molecular weight excluding hydrogens is 268 g/mol. The molecule has 0 bridgehead atoms. The van der Waals surface area contributed by atoms with Crippen molar-refractivity contribution in [1.82, 2.24) is 10.2 Å². The quantitative estimate of drug-likeness (QED) is 0.857. The van der Waals surface area contributed by atoms with Gasteiger partial charge >= 0.3 is 0 Å². The fraction of sp³-hybridized carbons (Fsp3) is 0.647. The SMILES string of the molecule is CCC(c1ccccc1)N(CC)CC1CCNCC1.Cl. The van der Waals surface area contributed by atoms with Gasteiger partial charge in [0.25, 0.3) is 0 Å². The first-order valence-corrected chi connectivity index (χ1v) is 7.84. The molecule has 1 saturated heterocycles. The Hall–Kier alpha value is -0.570. The molecule has 1 atom stereocenters. The van der Waals surface area contributed by atoms with Crippen molar-refractivity contribution in [2.24, 2.45) is 5.92 Å². The van der Waals surface area contributed by atoms with Crippen molar-refractivity contribution in [3.8, 4) is 0 Å². The van der Waals surface area contributed by atoms with Crippen molar-refractivity contribution in [3.05, 3.63) is 35.9 Å². The highest BCUT2D eigenvalue weighted by Crippen LogP contribution is 2.26. The van der Waals surface area contributed by atoms with E-state index in [-0.39, 0.29) is 12.4 Å². The summed E-state index contributed by atoms with van der Waals surface area (Å²) in [6.45, 7) is 9.41. The van der Waals surface area contributed by atoms with Gasteiger partial charge in [0.05, 0.1) is 0 Å². The minimum atomic E-state index is 0. The Morgan fingerprint density at radius 2 is 1.80 bits per heavy atom. The largest absolute Gasteiger partial charge is 0.317 e. The van der Waals surface area contributed by atoms with Crippen LogP contribution in [0.5, 0.6) is 0 Å². The average molecular weight is 297 g/mol. The lowest BCUT2D eigenvalue weighted by Crippen LogP contribution is -2.38. The van der Waals surface area contributed by atoms with Gasteiger partial charge in [-0.2, -0.15) is 0 Å². The van der Waals surface area contributed by atoms with Crippen LogP contribution in [0.4, 0.5) is 0 Å². The molecule has 114 valence electrons. The van der Waals surface area contributed by atoms with Crippen LogP contribution >= 0.6 is 12.4 Å². The Kier molecular flexibility index (Phi) is 8.20. The van der Waals surface area contributed by atoms with Crippen molar-refractivity contribution in [1.29, 1.82) is 0 Å². The van der Waals surface area contributed by atoms with E-state index in [1.165, 1.54) is 44.5 Å². The van der Waals surface area contributed by atoms with Crippen LogP contribution in [0.2, 0.25) is 0 Å². The zero-order chi connectivity index (χ0) is 13.5. The van der Waals surface area contributed by atoms with E-state index in [2.05, 4.69) is 54.4 Å². The molecule has 1 fully saturated rings. The smallest absolute Gasteiger partial charge is 0.0345 e. The molecule has 0 spiro atoms. The number of benzene rings is 1. The summed E-state index contributed by atoms with van der Waals surface area (Å²) in [5.41, 5.74) is 1.47. The van der Waals surface area contributed by atoms with Gasteiger partial charge in [-0.05, 0) is 50.4 Å². The molecule has 1 N–H and O–H groups in total. The summed E-state index contributed by atoms with van der Waals surface area (Å²) in [4.78, 5) is 2.67. The second-order valence-electron chi connectivity index (χ2n) is 5.62. The lowest BCUT2D eigenvalue weighted by atomic mass is 9.95. The molecule has 1 aliphatic heterocycles. The van der Waals surface area contributed by atoms with Crippen LogP contribution in [-0.2, 0) is 0 Å². The maximum absolute atomic E-state index is 3.46. The first-order chi connectivity index (χ1) is 9.35. The van der Waals surface area contributed by atoms with Crippen molar-refractivity contribution in [2.75, 3.05) is 26.2 Å². The minimum Gasteiger partial charge on any atom is -0.317 e. The Balaban J connectivity index is 0.00000200. The molecule has 20 heavy (non-hydrogen) atoms. The van der Waals surface area contributed by atoms with Crippen molar-refractivity contribution in [3.63, 3.8) is 0 Å². The summed E-state index contributed by atoms with van der Waals surface area (Å²) in [7, 11) is 0. The third-order valence-electron chi connectivity index (χ3n) is 4.37. The highest BCUT2D eigenvalue weighted by molar-refractivity contribution is 5.85. The topological polar surface area (TPSA) is 15.3 Å². The van der Waals surface area contributed by atoms with Crippen LogP contribution < -0.4 is 5.32 Å². The lowest BCUT2D eigenvalue weighted by molar-refractivity contribution is 0.155. The number of halogens is 1. The van der Waals surface area contributed by atoms with Gasteiger partial charge in [0.15, 0.2) is 0 Å². The van der Waals surface area contributed by atoms with E-state index in [9.17, 15) is 0 Å². The van der Waals surface area contributed by atoms with Gasteiger partial charge in [-0.1, -0.05) is 44.2 Å². The lowest BCUT2D eigenvalue weighted by Gasteiger charge is -2.35. The minimum absolute atomic E-state index is 0. The van der Waals surface area contributed by atoms with E-state index < -0.39 is 0 Å². The van der Waals surface area contributed by atoms with Crippen LogP contribution in [-0.4, -0.2) is 31.1 Å². The Labute approximate surface area is 130 Å². The molecule has 1 unspecified atom stereocenters. The zero-order valence-electron chi connectivity index (χ0n) is 12.8. The molecule has 0 aromatic heterocycles. The van der Waals surface area contributed by atoms with E-state index in [4.69, 9.17) is 0 Å². The number of piperidine rings is 1. The number of hydrogen-bond donors (Lipinski definition) is 1. The summed E-state index contributed by atoms with van der Waals surface area (Å²) in [5.74, 6) is 0.874. The van der Waals surface area contributed by atoms with Crippen LogP contribution in [0, 0.1) is 5.92 Å². The third kappa shape index (κ3) is 4.76. The number of nitrogens with one attached hydrogen (secondary N) is 1. The molecule has 0 saturated carbocycles. The fourth-order valence-electron chi connectivity index (χ4n) is 3.25. The molecule has 0 aliphatic carbocycles. The fourth-order valence-corrected chi connectivity index (χ4v) is 3.25. The predicted molar refractivity (Wildman–Crippen MR) is 89.6 cm³/mol. The maximum Gasteiger partial charge on any atom is 0.0345 e. The molecular formula is C17H29ClN2. The molecule has 1 aromatic rings. The maximum atomic E-state index is 3.46. The molecule has 2 nitrogen and oxygen atoms in total. The number of hydrogen-bond acceptors (Lipinski definition) is 2. The van der Waals surface area contributed by atoms with Gasteiger partial charge < -0.3 is 5.32 Å². The van der Waals surface area contributed by atoms with Crippen LogP contribution in [0.25, 0.3) is 0 Å². The van der Waals surface area contributed by atoms with Crippen molar-refractivity contribution >= 4 is 12.4 Å². The van der Waals surface area contributed by atoms with Gasteiger partial charge in [-0.25, -0.2) is 0 Å². The van der Waals surface area contributed by atoms with Crippen molar-refractivity contribution in [2.45, 2.75) is 39.2 Å². The number of rotatable bonds is 6. The summed E-state index contributed by atoms with van der Waals surface area (Å²) in [6, 6.07) is 11.6. The summed E-state index contributed by atoms with van der Waals surface area (Å²) < 4.78 is 0. The van der Waals surface area contributed by atoms with E-state index in [1.807, 2.05) is 0 Å². The Morgan fingerprint density at radius 3 is 2.35 bits per heavy atom. The van der Waals surface area contributed by atoms with Gasteiger partial charge in [-0.3, -0.25) is 4.90 Å². The first-order valence-electron chi connectivity index (χ1n) is 7.84.